The van der Waals surface area contributed by atoms with Crippen molar-refractivity contribution in [2.75, 3.05) is 16.7 Å². The fourth-order valence-corrected chi connectivity index (χ4v) is 3.83. The van der Waals surface area contributed by atoms with Crippen molar-refractivity contribution in [1.82, 2.24) is 4.98 Å². The maximum atomic E-state index is 12.8. The third-order valence-electron chi connectivity index (χ3n) is 4.57. The van der Waals surface area contributed by atoms with Crippen LogP contribution in [0.3, 0.4) is 0 Å². The molecule has 3 aromatic carbocycles. The molecule has 0 atom stereocenters. The number of aromatic nitrogens is 1. The Hall–Kier alpha value is -2.80. The summed E-state index contributed by atoms with van der Waals surface area (Å²) in [5, 5.41) is 4.74. The van der Waals surface area contributed by atoms with Gasteiger partial charge in [0.1, 0.15) is 5.75 Å². The Morgan fingerprint density at radius 2 is 1.77 bits per heavy atom. The first-order valence-electron chi connectivity index (χ1n) is 8.97. The number of hydrogen-bond acceptors (Lipinski definition) is 3. The van der Waals surface area contributed by atoms with Crippen molar-refractivity contribution in [3.8, 4) is 17.0 Å². The zero-order valence-electron chi connectivity index (χ0n) is 15.8. The molecule has 0 saturated carbocycles. The third kappa shape index (κ3) is 4.21. The minimum absolute atomic E-state index is 0.405. The Morgan fingerprint density at radius 1 is 1.03 bits per heavy atom. The first-order valence-corrected chi connectivity index (χ1v) is 10.1. The number of halogens is 2. The molecule has 30 heavy (non-hydrogen) atoms. The zero-order chi connectivity index (χ0) is 21.3. The summed E-state index contributed by atoms with van der Waals surface area (Å²) in [5.41, 5.74) is 3.82. The molecule has 152 valence electrons. The number of anilines is 2. The number of benzene rings is 3. The van der Waals surface area contributed by atoms with Crippen LogP contribution in [0.25, 0.3) is 22.2 Å². The van der Waals surface area contributed by atoms with E-state index < -0.39 is 6.03 Å². The van der Waals surface area contributed by atoms with Crippen LogP contribution < -0.4 is 14.4 Å². The lowest BCUT2D eigenvalue weighted by Gasteiger charge is -2.18. The average Bonchev–Trinajstić information content (AvgIpc) is 3.16. The number of fused-ring (bicyclic) bond motifs is 1. The second kappa shape index (κ2) is 8.52. The van der Waals surface area contributed by atoms with E-state index in [2.05, 4.69) is 29.2 Å². The molecule has 5 nitrogen and oxygen atoms in total. The second-order valence-electron chi connectivity index (χ2n) is 6.55. The van der Waals surface area contributed by atoms with Gasteiger partial charge in [0.25, 0.3) is 0 Å². The van der Waals surface area contributed by atoms with E-state index in [1.54, 1.807) is 31.4 Å². The van der Waals surface area contributed by atoms with E-state index in [1.165, 1.54) is 0 Å². The number of amides is 2. The lowest BCUT2D eigenvalue weighted by atomic mass is 10.1. The van der Waals surface area contributed by atoms with Gasteiger partial charge in [0, 0.05) is 32.2 Å². The number of aromatic amines is 1. The summed E-state index contributed by atoms with van der Waals surface area (Å²) in [6.45, 7) is 0. The lowest BCUT2D eigenvalue weighted by molar-refractivity contribution is 0.260. The van der Waals surface area contributed by atoms with Gasteiger partial charge >= 0.3 is 6.03 Å². The molecule has 1 heterocycles. The van der Waals surface area contributed by atoms with Crippen molar-refractivity contribution < 1.29 is 9.53 Å². The van der Waals surface area contributed by atoms with Crippen LogP contribution in [0, 0.1) is 0 Å². The monoisotopic (exact) mass is 457 g/mol. The van der Waals surface area contributed by atoms with Crippen LogP contribution in [0.4, 0.5) is 16.2 Å². The summed E-state index contributed by atoms with van der Waals surface area (Å²) in [5.74, 6) is 0.522. The summed E-state index contributed by atoms with van der Waals surface area (Å²) < 4.78 is 6.54. The van der Waals surface area contributed by atoms with Crippen molar-refractivity contribution in [2.24, 2.45) is 0 Å². The zero-order valence-corrected chi connectivity index (χ0v) is 18.2. The van der Waals surface area contributed by atoms with Gasteiger partial charge in [-0.2, -0.15) is 0 Å². The molecule has 8 heteroatoms. The first kappa shape index (κ1) is 20.5. The van der Waals surface area contributed by atoms with Gasteiger partial charge in [0.15, 0.2) is 0 Å². The molecule has 4 rings (SSSR count). The van der Waals surface area contributed by atoms with Gasteiger partial charge in [-0.1, -0.05) is 54.2 Å². The largest absolute Gasteiger partial charge is 0.495 e. The quantitative estimate of drug-likeness (QED) is 0.288. The van der Waals surface area contributed by atoms with Gasteiger partial charge in [-0.25, -0.2) is 9.10 Å². The number of hydrogen-bond donors (Lipinski definition) is 3. The molecule has 2 N–H and O–H groups in total. The molecule has 0 unspecified atom stereocenters. The molecule has 0 saturated heterocycles. The molecule has 0 spiro atoms. The highest BCUT2D eigenvalue weighted by Gasteiger charge is 2.17. The number of rotatable bonds is 4. The van der Waals surface area contributed by atoms with Crippen LogP contribution in [-0.2, 0) is 0 Å². The lowest BCUT2D eigenvalue weighted by Crippen LogP contribution is -2.27. The van der Waals surface area contributed by atoms with Gasteiger partial charge in [-0.3, -0.25) is 0 Å². The second-order valence-corrected chi connectivity index (χ2v) is 7.83. The number of nitrogens with one attached hydrogen (secondary N) is 2. The minimum atomic E-state index is -0.483. The number of ether oxygens (including phenoxy) is 1. The van der Waals surface area contributed by atoms with Crippen molar-refractivity contribution in [1.29, 1.82) is 0 Å². The van der Waals surface area contributed by atoms with E-state index in [0.29, 0.717) is 27.2 Å². The van der Waals surface area contributed by atoms with E-state index in [9.17, 15) is 4.79 Å². The van der Waals surface area contributed by atoms with Crippen LogP contribution in [0.15, 0.2) is 66.7 Å². The standard InChI is InChI=1S/C22H17Cl2N3O2S/c1-29-21-7-6-14(19-8-13-4-2-3-5-18(13)25-19)9-20(21)26-22(28)27(30)17-11-15(23)10-16(24)12-17/h2-12,25,30H,1H3,(H,26,28). The number of nitrogens with zero attached hydrogens (tertiary/aromatic N) is 1. The van der Waals surface area contributed by atoms with Crippen molar-refractivity contribution in [2.45, 2.75) is 0 Å². The van der Waals surface area contributed by atoms with E-state index >= 15 is 0 Å². The minimum Gasteiger partial charge on any atom is -0.495 e. The summed E-state index contributed by atoms with van der Waals surface area (Å²) in [4.78, 5) is 16.2. The predicted molar refractivity (Wildman–Crippen MR) is 127 cm³/mol. The molecule has 2 amide bonds. The average molecular weight is 458 g/mol. The number of thiol groups is 1. The Labute approximate surface area is 189 Å². The molecule has 0 aliphatic heterocycles. The van der Waals surface area contributed by atoms with Crippen molar-refractivity contribution in [3.63, 3.8) is 0 Å². The fourth-order valence-electron chi connectivity index (χ4n) is 3.15. The first-order chi connectivity index (χ1) is 14.4. The number of urea groups is 1. The van der Waals surface area contributed by atoms with E-state index in [0.717, 1.165) is 26.5 Å². The Balaban J connectivity index is 1.64. The van der Waals surface area contributed by atoms with Crippen LogP contribution in [0.2, 0.25) is 10.0 Å². The van der Waals surface area contributed by atoms with Gasteiger partial charge in [-0.15, -0.1) is 0 Å². The number of carbonyl (C=O) groups is 1. The molecule has 1 aromatic heterocycles. The summed E-state index contributed by atoms with van der Waals surface area (Å²) >= 11 is 16.3. The molecule has 0 fully saturated rings. The Bertz CT molecular complexity index is 1190. The van der Waals surface area contributed by atoms with Crippen molar-refractivity contribution in [3.05, 3.63) is 76.8 Å². The van der Waals surface area contributed by atoms with Gasteiger partial charge in [0.2, 0.25) is 0 Å². The maximum absolute atomic E-state index is 12.8. The molecule has 0 radical (unpaired) electrons. The summed E-state index contributed by atoms with van der Waals surface area (Å²) in [7, 11) is 1.54. The van der Waals surface area contributed by atoms with E-state index in [4.69, 9.17) is 27.9 Å². The number of carbonyl (C=O) groups excluding carboxylic acids is 1. The smallest absolute Gasteiger partial charge is 0.336 e. The number of H-pyrrole nitrogens is 1. The van der Waals surface area contributed by atoms with Crippen LogP contribution >= 0.6 is 36.0 Å². The van der Waals surface area contributed by atoms with Crippen LogP contribution in [-0.4, -0.2) is 18.1 Å². The Kier molecular flexibility index (Phi) is 5.81. The van der Waals surface area contributed by atoms with Gasteiger partial charge < -0.3 is 15.0 Å². The highest BCUT2D eigenvalue weighted by atomic mass is 35.5. The van der Waals surface area contributed by atoms with Crippen LogP contribution in [0.5, 0.6) is 5.75 Å². The predicted octanol–water partition coefficient (Wildman–Crippen LogP) is 7.03. The molecular formula is C22H17Cl2N3O2S. The molecule has 0 bridgehead atoms. The number of methoxy groups -OCH3 is 1. The summed E-state index contributed by atoms with van der Waals surface area (Å²) in [6, 6.07) is 19.9. The highest BCUT2D eigenvalue weighted by molar-refractivity contribution is 7.82. The third-order valence-corrected chi connectivity index (χ3v) is 5.42. The summed E-state index contributed by atoms with van der Waals surface area (Å²) in [6.07, 6.45) is 0. The maximum Gasteiger partial charge on any atom is 0.336 e. The van der Waals surface area contributed by atoms with E-state index in [-0.39, 0.29) is 0 Å². The number of para-hydroxylation sites is 1. The van der Waals surface area contributed by atoms with Crippen molar-refractivity contribution >= 4 is 64.3 Å². The molecule has 0 aliphatic rings. The van der Waals surface area contributed by atoms with Crippen LogP contribution in [0.1, 0.15) is 0 Å². The highest BCUT2D eigenvalue weighted by Crippen LogP contribution is 2.33. The Morgan fingerprint density at radius 3 is 2.47 bits per heavy atom. The van der Waals surface area contributed by atoms with Gasteiger partial charge in [-0.05, 0) is 48.5 Å². The van der Waals surface area contributed by atoms with E-state index in [1.807, 2.05) is 36.4 Å². The topological polar surface area (TPSA) is 57.4 Å². The molecule has 0 aliphatic carbocycles. The fraction of sp³-hybridized carbons (Fsp3) is 0.0455. The SMILES string of the molecule is COc1ccc(-c2cc3ccccc3[nH]2)cc1NC(=O)N(S)c1cc(Cl)cc(Cl)c1. The molecule has 4 aromatic rings. The molecular weight excluding hydrogens is 441 g/mol. The van der Waals surface area contributed by atoms with Gasteiger partial charge in [0.05, 0.1) is 18.5 Å². The normalized spacial score (nSPS) is 10.8.